The van der Waals surface area contributed by atoms with Crippen molar-refractivity contribution in [3.63, 3.8) is 0 Å². The molecular weight excluding hydrogens is 499 g/mol. The van der Waals surface area contributed by atoms with E-state index in [9.17, 15) is 14.0 Å². The third kappa shape index (κ3) is 9.42. The van der Waals surface area contributed by atoms with E-state index in [1.807, 2.05) is 70.4 Å². The Morgan fingerprint density at radius 2 is 2.03 bits per heavy atom. The molecule has 0 aliphatic carbocycles. The number of carbonyl (C=O) groups excluding carboxylic acids is 2. The van der Waals surface area contributed by atoms with Gasteiger partial charge in [-0.1, -0.05) is 43.3 Å². The van der Waals surface area contributed by atoms with Gasteiger partial charge in [0, 0.05) is 35.5 Å². The molecule has 210 valence electrons. The molecule has 1 fully saturated rings. The first-order chi connectivity index (χ1) is 18.7. The largest absolute Gasteiger partial charge is 0.403 e. The summed E-state index contributed by atoms with van der Waals surface area (Å²) in [7, 11) is 3.83. The molecule has 1 aliphatic rings. The fourth-order valence-corrected chi connectivity index (χ4v) is 4.04. The number of nitrogens with one attached hydrogen (secondary N) is 1. The Morgan fingerprint density at radius 1 is 1.26 bits per heavy atom. The maximum absolute atomic E-state index is 14.3. The number of pyridine rings is 1. The van der Waals surface area contributed by atoms with Crippen molar-refractivity contribution in [2.24, 2.45) is 11.5 Å². The Bertz CT molecular complexity index is 1200. The zero-order valence-electron chi connectivity index (χ0n) is 23.0. The zero-order chi connectivity index (χ0) is 28.8. The number of benzene rings is 1. The maximum Gasteiger partial charge on any atom is 0.216 e. The molecule has 1 aliphatic heterocycles. The van der Waals surface area contributed by atoms with Crippen molar-refractivity contribution in [3.8, 4) is 11.3 Å². The van der Waals surface area contributed by atoms with Gasteiger partial charge in [-0.3, -0.25) is 4.90 Å². The lowest BCUT2D eigenvalue weighted by molar-refractivity contribution is -0.111. The molecule has 0 radical (unpaired) electrons. The number of likely N-dealkylation sites (N-methyl/N-ethyl adjacent to an activating group) is 1. The highest BCUT2D eigenvalue weighted by Crippen LogP contribution is 2.27. The van der Waals surface area contributed by atoms with Crippen molar-refractivity contribution < 1.29 is 18.5 Å². The van der Waals surface area contributed by atoms with Crippen LogP contribution in [-0.4, -0.2) is 54.3 Å². The molecule has 1 saturated heterocycles. The fraction of sp³-hybridized carbons (Fsp3) is 0.379. The van der Waals surface area contributed by atoms with Gasteiger partial charge in [0.1, 0.15) is 12.6 Å². The fourth-order valence-electron chi connectivity index (χ4n) is 4.04. The smallest absolute Gasteiger partial charge is 0.216 e. The number of likely N-dealkylation sites (tertiary alicyclic amines) is 1. The summed E-state index contributed by atoms with van der Waals surface area (Å²) < 4.78 is 19.5. The minimum Gasteiger partial charge on any atom is -0.403 e. The minimum atomic E-state index is -0.408. The van der Waals surface area contributed by atoms with E-state index in [2.05, 4.69) is 20.4 Å². The highest BCUT2D eigenvalue weighted by molar-refractivity contribution is 5.58. The van der Waals surface area contributed by atoms with Crippen molar-refractivity contribution in [1.29, 1.82) is 0 Å². The molecule has 10 heteroatoms. The van der Waals surface area contributed by atoms with Gasteiger partial charge in [-0.2, -0.15) is 4.39 Å². The molecule has 1 aromatic carbocycles. The number of aldehydes is 2. The number of rotatable bonds is 8. The van der Waals surface area contributed by atoms with Crippen LogP contribution in [-0.2, 0) is 9.59 Å². The lowest BCUT2D eigenvalue weighted by Gasteiger charge is -2.18. The van der Waals surface area contributed by atoms with Gasteiger partial charge in [-0.05, 0) is 57.1 Å². The Kier molecular flexibility index (Phi) is 13.0. The number of hydrogen-bond donors (Lipinski definition) is 3. The maximum atomic E-state index is 14.3. The summed E-state index contributed by atoms with van der Waals surface area (Å²) in [6.45, 7) is 5.00. The summed E-state index contributed by atoms with van der Waals surface area (Å²) in [5, 5.41) is 6.94. The number of aromatic nitrogens is 2. The zero-order valence-corrected chi connectivity index (χ0v) is 23.0. The molecule has 2 aromatic heterocycles. The number of allylic oxidation sites excluding steroid dienone is 1. The van der Waals surface area contributed by atoms with E-state index in [1.165, 1.54) is 12.6 Å². The third-order valence-corrected chi connectivity index (χ3v) is 6.31. The molecule has 2 unspecified atom stereocenters. The molecule has 3 aromatic rings. The second kappa shape index (κ2) is 16.2. The SMILES string of the molecule is CN1CCCC1C=O.CNC(c1cccc(-c2ccno2)c1)c1ccc(C(C)C)c(F)n1.N/C=C(\N)CC=O. The second-order valence-electron chi connectivity index (χ2n) is 9.43. The van der Waals surface area contributed by atoms with Crippen LogP contribution >= 0.6 is 0 Å². The van der Waals surface area contributed by atoms with E-state index in [-0.39, 0.29) is 24.4 Å². The summed E-state index contributed by atoms with van der Waals surface area (Å²) in [5.41, 5.74) is 13.6. The molecule has 4 rings (SSSR count). The molecular formula is C29H39FN6O3. The number of carbonyl (C=O) groups is 2. The van der Waals surface area contributed by atoms with Gasteiger partial charge in [0.05, 0.1) is 24.0 Å². The van der Waals surface area contributed by atoms with E-state index in [0.29, 0.717) is 29.0 Å². The van der Waals surface area contributed by atoms with E-state index in [1.54, 1.807) is 6.20 Å². The molecule has 0 amide bonds. The van der Waals surface area contributed by atoms with Gasteiger partial charge in [-0.15, -0.1) is 0 Å². The van der Waals surface area contributed by atoms with Gasteiger partial charge < -0.3 is 30.9 Å². The van der Waals surface area contributed by atoms with Crippen molar-refractivity contribution in [1.82, 2.24) is 20.4 Å². The average Bonchev–Trinajstić information content (AvgIpc) is 3.62. The number of nitrogens with two attached hydrogens (primary N) is 2. The average molecular weight is 539 g/mol. The van der Waals surface area contributed by atoms with Crippen molar-refractivity contribution in [2.45, 2.75) is 51.1 Å². The highest BCUT2D eigenvalue weighted by atomic mass is 19.1. The number of halogens is 1. The third-order valence-electron chi connectivity index (χ3n) is 6.31. The summed E-state index contributed by atoms with van der Waals surface area (Å²) in [6, 6.07) is 13.4. The van der Waals surface area contributed by atoms with Crippen LogP contribution in [0.15, 0.2) is 65.1 Å². The van der Waals surface area contributed by atoms with E-state index < -0.39 is 5.95 Å². The Labute approximate surface area is 229 Å². The summed E-state index contributed by atoms with van der Waals surface area (Å²) >= 11 is 0. The van der Waals surface area contributed by atoms with Crippen molar-refractivity contribution in [2.75, 3.05) is 20.6 Å². The van der Waals surface area contributed by atoms with E-state index in [0.717, 1.165) is 30.4 Å². The standard InChI is InChI=1S/C19H20FN3O.C6H11NO.C4H8N2O/c1-12(2)15-7-8-16(23-19(15)20)18(21-3)14-6-4-5-13(11-14)17-9-10-22-24-17;1-7-4-2-3-6(7)5-8;5-3-4(6)1-2-7/h4-12,18,21H,1-3H3;5-6H,2-4H2,1H3;2-3H,1,5-6H2/b;;4-3-. The van der Waals surface area contributed by atoms with Gasteiger partial charge in [0.15, 0.2) is 5.76 Å². The monoisotopic (exact) mass is 538 g/mol. The summed E-state index contributed by atoms with van der Waals surface area (Å²) in [6.07, 6.45) is 7.04. The van der Waals surface area contributed by atoms with E-state index in [4.69, 9.17) is 16.0 Å². The summed E-state index contributed by atoms with van der Waals surface area (Å²) in [4.78, 5) is 26.0. The highest BCUT2D eigenvalue weighted by Gasteiger charge is 2.19. The first kappa shape index (κ1) is 31.3. The van der Waals surface area contributed by atoms with Crippen molar-refractivity contribution in [3.05, 3.63) is 83.3 Å². The van der Waals surface area contributed by atoms with E-state index >= 15 is 0 Å². The Morgan fingerprint density at radius 3 is 2.49 bits per heavy atom. The predicted octanol–water partition coefficient (Wildman–Crippen LogP) is 3.92. The lowest BCUT2D eigenvalue weighted by atomic mass is 9.98. The number of nitrogens with zero attached hydrogens (tertiary/aromatic N) is 3. The Balaban J connectivity index is 0.000000291. The second-order valence-corrected chi connectivity index (χ2v) is 9.43. The van der Waals surface area contributed by atoms with Gasteiger partial charge >= 0.3 is 0 Å². The molecule has 39 heavy (non-hydrogen) atoms. The topological polar surface area (TPSA) is 140 Å². The van der Waals surface area contributed by atoms with Crippen LogP contribution in [0, 0.1) is 5.95 Å². The molecule has 5 N–H and O–H groups in total. The molecule has 0 spiro atoms. The first-order valence-corrected chi connectivity index (χ1v) is 12.9. The summed E-state index contributed by atoms with van der Waals surface area (Å²) in [5.74, 6) is 0.393. The molecule has 0 saturated carbocycles. The van der Waals surface area contributed by atoms with Crippen LogP contribution < -0.4 is 16.8 Å². The molecule has 2 atom stereocenters. The minimum absolute atomic E-state index is 0.106. The first-order valence-electron chi connectivity index (χ1n) is 12.9. The van der Waals surface area contributed by atoms with Gasteiger partial charge in [0.25, 0.3) is 0 Å². The normalized spacial score (nSPS) is 16.1. The van der Waals surface area contributed by atoms with Crippen LogP contribution in [0.25, 0.3) is 11.3 Å². The molecule has 3 heterocycles. The predicted molar refractivity (Wildman–Crippen MR) is 150 cm³/mol. The lowest BCUT2D eigenvalue weighted by Crippen LogP contribution is -2.25. The van der Waals surface area contributed by atoms with Gasteiger partial charge in [-0.25, -0.2) is 4.98 Å². The quantitative estimate of drug-likeness (QED) is 0.287. The van der Waals surface area contributed by atoms with Crippen LogP contribution in [0.5, 0.6) is 0 Å². The van der Waals surface area contributed by atoms with Crippen LogP contribution in [0.3, 0.4) is 0 Å². The van der Waals surface area contributed by atoms with Crippen LogP contribution in [0.1, 0.15) is 61.9 Å². The number of hydrogen-bond acceptors (Lipinski definition) is 9. The van der Waals surface area contributed by atoms with Crippen LogP contribution in [0.2, 0.25) is 0 Å². The molecule has 0 bridgehead atoms. The Hall–Kier alpha value is -3.89. The van der Waals surface area contributed by atoms with Crippen LogP contribution in [0.4, 0.5) is 4.39 Å². The van der Waals surface area contributed by atoms with Crippen molar-refractivity contribution >= 4 is 12.6 Å². The van der Waals surface area contributed by atoms with Gasteiger partial charge in [0.2, 0.25) is 5.95 Å². The molecule has 9 nitrogen and oxygen atoms in total.